The Balaban J connectivity index is 1.11. The van der Waals surface area contributed by atoms with Crippen molar-refractivity contribution in [1.29, 1.82) is 0 Å². The molecule has 0 N–H and O–H groups in total. The Hall–Kier alpha value is -6.21. The molecule has 2 aliphatic heterocycles. The molecule has 0 fully saturated rings. The number of carbonyl (C=O) groups excluding carboxylic acids is 5. The van der Waals surface area contributed by atoms with Crippen molar-refractivity contribution >= 4 is 78.7 Å². The zero-order valence-corrected chi connectivity index (χ0v) is 35.7. The highest BCUT2D eigenvalue weighted by Crippen LogP contribution is 2.47. The maximum absolute atomic E-state index is 14.6. The molecule has 0 aliphatic carbocycles. The molecule has 0 unspecified atom stereocenters. The van der Waals surface area contributed by atoms with E-state index in [4.69, 9.17) is 0 Å². The molecule has 7 aromatic rings. The van der Waals surface area contributed by atoms with Crippen LogP contribution in [0.4, 0.5) is 5.69 Å². The van der Waals surface area contributed by atoms with Crippen LogP contribution in [-0.4, -0.2) is 40.9 Å². The van der Waals surface area contributed by atoms with Crippen LogP contribution in [0.3, 0.4) is 0 Å². The molecule has 0 atom stereocenters. The van der Waals surface area contributed by atoms with E-state index in [1.54, 1.807) is 17.0 Å². The van der Waals surface area contributed by atoms with Crippen molar-refractivity contribution in [2.24, 2.45) is 0 Å². The molecule has 4 amide bonds. The number of hydrogen-bond acceptors (Lipinski definition) is 5. The van der Waals surface area contributed by atoms with E-state index in [1.807, 2.05) is 86.6 Å². The number of aldehydes is 1. The minimum Gasteiger partial charge on any atom is -0.298 e. The Labute approximate surface area is 357 Å². The zero-order chi connectivity index (χ0) is 42.5. The van der Waals surface area contributed by atoms with Gasteiger partial charge in [0.05, 0.1) is 5.69 Å². The van der Waals surface area contributed by atoms with Gasteiger partial charge in [-0.2, -0.15) is 0 Å². The molecule has 0 aromatic heterocycles. The highest BCUT2D eigenvalue weighted by atomic mass is 16.2. The average molecular weight is 809 g/mol. The summed E-state index contributed by atoms with van der Waals surface area (Å²) in [5.41, 5.74) is 6.71. The smallest absolute Gasteiger partial charge is 0.265 e. The number of benzene rings is 7. The van der Waals surface area contributed by atoms with Crippen LogP contribution < -0.4 is 4.90 Å². The van der Waals surface area contributed by atoms with E-state index in [1.165, 1.54) is 43.4 Å². The quantitative estimate of drug-likeness (QED) is 0.0319. The molecule has 9 rings (SSSR count). The number of carbonyl (C=O) groups is 5. The highest BCUT2D eigenvalue weighted by Gasteiger charge is 2.40. The van der Waals surface area contributed by atoms with Gasteiger partial charge < -0.3 is 0 Å². The Kier molecular flexibility index (Phi) is 10.8. The van der Waals surface area contributed by atoms with E-state index >= 15 is 0 Å². The van der Waals surface area contributed by atoms with Crippen LogP contribution in [-0.2, 0) is 0 Å². The van der Waals surface area contributed by atoms with Crippen LogP contribution in [0.1, 0.15) is 154 Å². The molecule has 2 heterocycles. The number of fused-ring (bicyclic) bond motifs is 2. The fraction of sp³-hybridized carbons (Fsp3) is 0.315. The SMILES string of the molecule is CCCCCCCC(CCCCCCC)N1C(=O)c2ccc3c4ccc5c6c(ccc(c7ccc(c2c37)C1=O)c64)C(=O)N(c1cc(C)c(-c2ccc(C=O)cc2)cc1C)C5=O. The summed E-state index contributed by atoms with van der Waals surface area (Å²) in [5.74, 6) is -1.20. The molecular formula is C54H52N2O5. The summed E-state index contributed by atoms with van der Waals surface area (Å²) in [7, 11) is 0. The van der Waals surface area contributed by atoms with Gasteiger partial charge in [-0.25, -0.2) is 4.90 Å². The first kappa shape index (κ1) is 40.2. The molecule has 7 nitrogen and oxygen atoms in total. The van der Waals surface area contributed by atoms with Gasteiger partial charge in [-0.05, 0) is 118 Å². The van der Waals surface area contributed by atoms with Crippen molar-refractivity contribution in [2.45, 2.75) is 111 Å². The fourth-order valence-electron chi connectivity index (χ4n) is 10.3. The van der Waals surface area contributed by atoms with E-state index < -0.39 is 0 Å². The predicted octanol–water partition coefficient (Wildman–Crippen LogP) is 13.3. The maximum Gasteiger partial charge on any atom is 0.265 e. The molecule has 308 valence electrons. The second-order valence-electron chi connectivity index (χ2n) is 17.3. The number of hydrogen-bond donors (Lipinski definition) is 0. The van der Waals surface area contributed by atoms with E-state index in [0.29, 0.717) is 44.3 Å². The molecule has 0 saturated carbocycles. The number of imide groups is 2. The number of aryl methyl sites for hydroxylation is 2. The summed E-state index contributed by atoms with van der Waals surface area (Å²) in [4.78, 5) is 72.5. The first-order chi connectivity index (χ1) is 29.7. The van der Waals surface area contributed by atoms with E-state index in [-0.39, 0.29) is 29.7 Å². The van der Waals surface area contributed by atoms with Gasteiger partial charge in [0.15, 0.2) is 0 Å². The second kappa shape index (κ2) is 16.3. The fourth-order valence-corrected chi connectivity index (χ4v) is 10.3. The minimum absolute atomic E-state index is 0.141. The van der Waals surface area contributed by atoms with Crippen molar-refractivity contribution in [3.63, 3.8) is 0 Å². The summed E-state index contributed by atoms with van der Waals surface area (Å²) < 4.78 is 0. The average Bonchev–Trinajstić information content (AvgIpc) is 3.27. The third-order valence-electron chi connectivity index (χ3n) is 13.5. The molecule has 61 heavy (non-hydrogen) atoms. The number of nitrogens with zero attached hydrogens (tertiary/aromatic N) is 2. The van der Waals surface area contributed by atoms with Crippen LogP contribution in [0, 0.1) is 13.8 Å². The summed E-state index contributed by atoms with van der Waals surface area (Å²) >= 11 is 0. The molecule has 0 bridgehead atoms. The van der Waals surface area contributed by atoms with Gasteiger partial charge in [0.2, 0.25) is 0 Å². The lowest BCUT2D eigenvalue weighted by Gasteiger charge is -2.35. The molecule has 7 heteroatoms. The van der Waals surface area contributed by atoms with Crippen LogP contribution in [0.25, 0.3) is 54.2 Å². The molecule has 0 spiro atoms. The van der Waals surface area contributed by atoms with Crippen molar-refractivity contribution in [3.8, 4) is 11.1 Å². The Morgan fingerprint density at radius 2 is 0.918 bits per heavy atom. The lowest BCUT2D eigenvalue weighted by atomic mass is 9.81. The lowest BCUT2D eigenvalue weighted by Crippen LogP contribution is -2.47. The lowest BCUT2D eigenvalue weighted by molar-refractivity contribution is 0.0516. The second-order valence-corrected chi connectivity index (χ2v) is 17.3. The first-order valence-electron chi connectivity index (χ1n) is 22.3. The number of rotatable bonds is 16. The van der Waals surface area contributed by atoms with Gasteiger partial charge in [-0.15, -0.1) is 0 Å². The van der Waals surface area contributed by atoms with Crippen LogP contribution in [0.5, 0.6) is 0 Å². The van der Waals surface area contributed by atoms with Crippen LogP contribution in [0.15, 0.2) is 84.9 Å². The first-order valence-corrected chi connectivity index (χ1v) is 22.3. The van der Waals surface area contributed by atoms with Gasteiger partial charge in [-0.1, -0.05) is 127 Å². The third kappa shape index (κ3) is 6.61. The predicted molar refractivity (Wildman–Crippen MR) is 247 cm³/mol. The molecule has 0 saturated heterocycles. The van der Waals surface area contributed by atoms with Gasteiger partial charge in [0.1, 0.15) is 6.29 Å². The Bertz CT molecular complexity index is 2790. The largest absolute Gasteiger partial charge is 0.298 e. The third-order valence-corrected chi connectivity index (χ3v) is 13.5. The number of anilines is 1. The van der Waals surface area contributed by atoms with Crippen molar-refractivity contribution < 1.29 is 24.0 Å². The van der Waals surface area contributed by atoms with E-state index in [2.05, 4.69) is 13.8 Å². The van der Waals surface area contributed by atoms with Gasteiger partial charge >= 0.3 is 0 Å². The van der Waals surface area contributed by atoms with E-state index in [9.17, 15) is 24.0 Å². The standard InChI is InChI=1S/C54H52N2O5/c1-5-7-9-11-13-15-36(16-14-12-10-8-6-2)55-51(58)41-25-21-37-39-23-27-43-50-44(28-24-40(48(39)50)38-22-26-42(52(55)59)49(41)47(37)38)54(61)56(53(43)60)46-30-32(3)45(29-33(46)4)35-19-17-34(31-57)18-20-35/h17-31,36H,5-16H2,1-4H3. The highest BCUT2D eigenvalue weighted by molar-refractivity contribution is 6.43. The van der Waals surface area contributed by atoms with Gasteiger partial charge in [0, 0.05) is 44.6 Å². The monoisotopic (exact) mass is 808 g/mol. The van der Waals surface area contributed by atoms with Crippen molar-refractivity contribution in [3.05, 3.63) is 124 Å². The molecule has 0 radical (unpaired) electrons. The van der Waals surface area contributed by atoms with Crippen molar-refractivity contribution in [1.82, 2.24) is 4.90 Å². The number of unbranched alkanes of at least 4 members (excludes halogenated alkanes) is 8. The Morgan fingerprint density at radius 3 is 1.36 bits per heavy atom. The normalized spacial score (nSPS) is 14.0. The summed E-state index contributed by atoms with van der Waals surface area (Å²) in [6, 6.07) is 26.4. The summed E-state index contributed by atoms with van der Waals surface area (Å²) in [6.07, 6.45) is 13.7. The molecular weight excluding hydrogens is 757 g/mol. The van der Waals surface area contributed by atoms with Crippen LogP contribution in [0.2, 0.25) is 0 Å². The molecule has 7 aromatic carbocycles. The van der Waals surface area contributed by atoms with Crippen molar-refractivity contribution in [2.75, 3.05) is 4.90 Å². The van der Waals surface area contributed by atoms with E-state index in [0.717, 1.165) is 99.4 Å². The summed E-state index contributed by atoms with van der Waals surface area (Å²) in [5, 5.41) is 6.52. The van der Waals surface area contributed by atoms with Gasteiger partial charge in [0.25, 0.3) is 23.6 Å². The van der Waals surface area contributed by atoms with Crippen LogP contribution >= 0.6 is 0 Å². The molecule has 2 aliphatic rings. The number of amides is 4. The zero-order valence-electron chi connectivity index (χ0n) is 35.7. The maximum atomic E-state index is 14.6. The van der Waals surface area contributed by atoms with Gasteiger partial charge in [-0.3, -0.25) is 28.9 Å². The minimum atomic E-state index is -0.385. The Morgan fingerprint density at radius 1 is 0.475 bits per heavy atom. The topological polar surface area (TPSA) is 91.8 Å². The summed E-state index contributed by atoms with van der Waals surface area (Å²) in [6.45, 7) is 8.28.